The molecule has 0 spiro atoms. The van der Waals surface area contributed by atoms with Crippen LogP contribution < -0.4 is 14.8 Å². The molecule has 0 unspecified atom stereocenters. The van der Waals surface area contributed by atoms with Crippen molar-refractivity contribution in [1.82, 2.24) is 15.1 Å². The molecule has 0 bridgehead atoms. The van der Waals surface area contributed by atoms with E-state index in [1.54, 1.807) is 31.5 Å². The highest BCUT2D eigenvalue weighted by Crippen LogP contribution is 2.30. The third kappa shape index (κ3) is 5.31. The maximum absolute atomic E-state index is 13.0. The van der Waals surface area contributed by atoms with Gasteiger partial charge in [0.05, 0.1) is 7.11 Å². The van der Waals surface area contributed by atoms with Gasteiger partial charge in [-0.15, -0.1) is 5.10 Å². The lowest BCUT2D eigenvalue weighted by Crippen LogP contribution is -2.42. The summed E-state index contributed by atoms with van der Waals surface area (Å²) in [5.41, 5.74) is 1.67. The van der Waals surface area contributed by atoms with Crippen LogP contribution in [0.3, 0.4) is 0 Å². The molecule has 2 heterocycles. The van der Waals surface area contributed by atoms with Gasteiger partial charge in [-0.2, -0.15) is 5.10 Å². The van der Waals surface area contributed by atoms with Gasteiger partial charge >= 0.3 is 0 Å². The first-order valence-corrected chi connectivity index (χ1v) is 10.4. The highest BCUT2D eigenvalue weighted by atomic mass is 16.5. The molecule has 160 valence electrons. The number of ether oxygens (including phenoxy) is 2. The fourth-order valence-corrected chi connectivity index (χ4v) is 3.65. The first kappa shape index (κ1) is 20.7. The third-order valence-electron chi connectivity index (χ3n) is 5.35. The van der Waals surface area contributed by atoms with Gasteiger partial charge in [-0.25, -0.2) is 0 Å². The summed E-state index contributed by atoms with van der Waals surface area (Å²) in [7, 11) is 1.59. The number of benzene rings is 2. The first-order chi connectivity index (χ1) is 15.2. The van der Waals surface area contributed by atoms with E-state index < -0.39 is 0 Å². The number of hydrogen-bond donors (Lipinski definition) is 1. The van der Waals surface area contributed by atoms with Crippen LogP contribution in [0.4, 0.5) is 5.82 Å². The van der Waals surface area contributed by atoms with E-state index in [9.17, 15) is 4.79 Å². The third-order valence-corrected chi connectivity index (χ3v) is 5.35. The largest absolute Gasteiger partial charge is 0.493 e. The van der Waals surface area contributed by atoms with Gasteiger partial charge in [0.2, 0.25) is 0 Å². The highest BCUT2D eigenvalue weighted by Gasteiger charge is 2.24. The van der Waals surface area contributed by atoms with Crippen molar-refractivity contribution in [3.05, 3.63) is 78.0 Å². The summed E-state index contributed by atoms with van der Waals surface area (Å²) in [6.45, 7) is 1.81. The topological polar surface area (TPSA) is 76.6 Å². The van der Waals surface area contributed by atoms with Gasteiger partial charge in [-0.1, -0.05) is 30.3 Å². The van der Waals surface area contributed by atoms with Crippen LogP contribution in [0.15, 0.2) is 66.9 Å². The lowest BCUT2D eigenvalue weighted by atomic mass is 10.0. The molecule has 1 amide bonds. The molecule has 0 saturated carbocycles. The van der Waals surface area contributed by atoms with Crippen molar-refractivity contribution in [2.75, 3.05) is 25.5 Å². The number of amides is 1. The van der Waals surface area contributed by atoms with Crippen LogP contribution in [0, 0.1) is 0 Å². The zero-order valence-corrected chi connectivity index (χ0v) is 17.5. The van der Waals surface area contributed by atoms with E-state index in [0.29, 0.717) is 36.8 Å². The summed E-state index contributed by atoms with van der Waals surface area (Å²) < 4.78 is 11.4. The number of nitrogens with one attached hydrogen (secondary N) is 1. The van der Waals surface area contributed by atoms with E-state index in [2.05, 4.69) is 15.5 Å². The Balaban J connectivity index is 1.35. The maximum Gasteiger partial charge on any atom is 0.253 e. The second-order valence-electron chi connectivity index (χ2n) is 7.46. The molecule has 3 aromatic rings. The van der Waals surface area contributed by atoms with E-state index in [1.165, 1.54) is 0 Å². The average molecular weight is 418 g/mol. The summed E-state index contributed by atoms with van der Waals surface area (Å²) in [6.07, 6.45) is 3.37. The number of carbonyl (C=O) groups excluding carboxylic acids is 1. The summed E-state index contributed by atoms with van der Waals surface area (Å²) in [5, 5.41) is 11.3. The highest BCUT2D eigenvalue weighted by molar-refractivity contribution is 5.95. The SMILES string of the molecule is COc1cc(C(=O)N2CCC(Nc3cccnn3)CC2)ccc1OCc1ccccc1. The number of nitrogens with zero attached hydrogens (tertiary/aromatic N) is 3. The van der Waals surface area contributed by atoms with E-state index >= 15 is 0 Å². The summed E-state index contributed by atoms with van der Waals surface area (Å²) in [5.74, 6) is 1.95. The Morgan fingerprint density at radius 1 is 1.06 bits per heavy atom. The lowest BCUT2D eigenvalue weighted by Gasteiger charge is -2.32. The Hall–Kier alpha value is -3.61. The standard InChI is InChI=1S/C24H26N4O3/c1-30-22-16-19(9-10-21(22)31-17-18-6-3-2-4-7-18)24(29)28-14-11-20(12-15-28)26-23-8-5-13-25-27-23/h2-10,13,16,20H,11-12,14-15,17H2,1H3,(H,26,27). The maximum atomic E-state index is 13.0. The molecule has 4 rings (SSSR count). The quantitative estimate of drug-likeness (QED) is 0.629. The average Bonchev–Trinajstić information content (AvgIpc) is 2.84. The first-order valence-electron chi connectivity index (χ1n) is 10.4. The minimum absolute atomic E-state index is 0.00543. The fraction of sp³-hybridized carbons (Fsp3) is 0.292. The molecule has 1 aromatic heterocycles. The van der Waals surface area contributed by atoms with Gasteiger partial charge < -0.3 is 19.7 Å². The molecule has 0 aliphatic carbocycles. The Bertz CT molecular complexity index is 990. The molecule has 1 aliphatic heterocycles. The minimum Gasteiger partial charge on any atom is -0.493 e. The molecule has 7 nitrogen and oxygen atoms in total. The molecule has 1 fully saturated rings. The summed E-state index contributed by atoms with van der Waals surface area (Å²) >= 11 is 0. The van der Waals surface area contributed by atoms with Crippen LogP contribution in [0.1, 0.15) is 28.8 Å². The molecule has 0 atom stereocenters. The van der Waals surface area contributed by atoms with Crippen molar-refractivity contribution >= 4 is 11.7 Å². The predicted molar refractivity (Wildman–Crippen MR) is 118 cm³/mol. The monoisotopic (exact) mass is 418 g/mol. The van der Waals surface area contributed by atoms with E-state index in [-0.39, 0.29) is 11.9 Å². The molecule has 1 aliphatic rings. The minimum atomic E-state index is 0.00543. The molecule has 0 radical (unpaired) electrons. The number of piperidine rings is 1. The molecule has 7 heteroatoms. The number of anilines is 1. The van der Waals surface area contributed by atoms with Crippen molar-refractivity contribution in [1.29, 1.82) is 0 Å². The van der Waals surface area contributed by atoms with Gasteiger partial charge in [0.25, 0.3) is 5.91 Å². The van der Waals surface area contributed by atoms with E-state index in [4.69, 9.17) is 9.47 Å². The van der Waals surface area contributed by atoms with Crippen molar-refractivity contribution < 1.29 is 14.3 Å². The Kier molecular flexibility index (Phi) is 6.62. The smallest absolute Gasteiger partial charge is 0.253 e. The summed E-state index contributed by atoms with van der Waals surface area (Å²) in [4.78, 5) is 14.9. The Morgan fingerprint density at radius 2 is 1.87 bits per heavy atom. The fourth-order valence-electron chi connectivity index (χ4n) is 3.65. The summed E-state index contributed by atoms with van der Waals surface area (Å²) in [6, 6.07) is 19.3. The van der Waals surface area contributed by atoms with Crippen molar-refractivity contribution in [2.24, 2.45) is 0 Å². The molecule has 31 heavy (non-hydrogen) atoms. The van der Waals surface area contributed by atoms with Gasteiger partial charge in [0.1, 0.15) is 12.4 Å². The van der Waals surface area contributed by atoms with Crippen molar-refractivity contribution in [2.45, 2.75) is 25.5 Å². The van der Waals surface area contributed by atoms with Crippen LogP contribution in [0.25, 0.3) is 0 Å². The molecule has 2 aromatic carbocycles. The van der Waals surface area contributed by atoms with Crippen molar-refractivity contribution in [3.63, 3.8) is 0 Å². The molecule has 1 saturated heterocycles. The van der Waals surface area contributed by atoms with Gasteiger partial charge in [0, 0.05) is 30.9 Å². The number of methoxy groups -OCH3 is 1. The zero-order chi connectivity index (χ0) is 21.5. The lowest BCUT2D eigenvalue weighted by molar-refractivity contribution is 0.0718. The second kappa shape index (κ2) is 9.93. The zero-order valence-electron chi connectivity index (χ0n) is 17.5. The molecular formula is C24H26N4O3. The van der Waals surface area contributed by atoms with Gasteiger partial charge in [0.15, 0.2) is 11.5 Å². The molecular weight excluding hydrogens is 392 g/mol. The van der Waals surface area contributed by atoms with E-state index in [0.717, 1.165) is 24.2 Å². The number of aromatic nitrogens is 2. The number of rotatable bonds is 7. The normalized spacial score (nSPS) is 14.2. The van der Waals surface area contributed by atoms with Gasteiger partial charge in [-0.05, 0) is 48.7 Å². The Morgan fingerprint density at radius 3 is 2.58 bits per heavy atom. The van der Waals surface area contributed by atoms with Crippen LogP contribution in [0.2, 0.25) is 0 Å². The number of hydrogen-bond acceptors (Lipinski definition) is 6. The number of likely N-dealkylation sites (tertiary alicyclic amines) is 1. The van der Waals surface area contributed by atoms with Gasteiger partial charge in [-0.3, -0.25) is 4.79 Å². The van der Waals surface area contributed by atoms with Crippen molar-refractivity contribution in [3.8, 4) is 11.5 Å². The van der Waals surface area contributed by atoms with E-state index in [1.807, 2.05) is 47.4 Å². The van der Waals surface area contributed by atoms with Crippen LogP contribution in [-0.2, 0) is 6.61 Å². The van der Waals surface area contributed by atoms with Crippen LogP contribution in [0.5, 0.6) is 11.5 Å². The predicted octanol–water partition coefficient (Wildman–Crippen LogP) is 3.78. The molecule has 1 N–H and O–H groups in total. The van der Waals surface area contributed by atoms with Crippen LogP contribution in [-0.4, -0.2) is 47.2 Å². The number of carbonyl (C=O) groups is 1. The van der Waals surface area contributed by atoms with Crippen LogP contribution >= 0.6 is 0 Å². The Labute approximate surface area is 182 Å². The second-order valence-corrected chi connectivity index (χ2v) is 7.46.